The zero-order valence-corrected chi connectivity index (χ0v) is 10.5. The van der Waals surface area contributed by atoms with Crippen molar-refractivity contribution >= 4 is 22.8 Å². The lowest BCUT2D eigenvalue weighted by Crippen LogP contribution is -2.05. The van der Waals surface area contributed by atoms with Crippen LogP contribution < -0.4 is 5.73 Å². The fourth-order valence-electron chi connectivity index (χ4n) is 1.56. The Hall–Kier alpha value is -1.75. The molecular weight excluding hydrogens is 256 g/mol. The fraction of sp³-hybridized carbons (Fsp3) is 0.154. The number of hydrogen-bond acceptors (Lipinski definition) is 3. The van der Waals surface area contributed by atoms with E-state index in [2.05, 4.69) is 0 Å². The Labute approximate surface area is 107 Å². The fourth-order valence-corrected chi connectivity index (χ4v) is 2.46. The van der Waals surface area contributed by atoms with Gasteiger partial charge < -0.3 is 5.73 Å². The molecule has 2 N–H and O–H groups in total. The van der Waals surface area contributed by atoms with Crippen LogP contribution in [0.5, 0.6) is 0 Å². The van der Waals surface area contributed by atoms with Crippen molar-refractivity contribution in [3.8, 4) is 0 Å². The first-order valence-corrected chi connectivity index (χ1v) is 6.22. The van der Waals surface area contributed by atoms with E-state index in [9.17, 15) is 13.6 Å². The van der Waals surface area contributed by atoms with Gasteiger partial charge in [-0.25, -0.2) is 8.78 Å². The van der Waals surface area contributed by atoms with E-state index in [1.165, 1.54) is 11.3 Å². The van der Waals surface area contributed by atoms with Crippen LogP contribution in [-0.2, 0) is 6.42 Å². The number of aryl methyl sites for hydroxylation is 1. The van der Waals surface area contributed by atoms with Gasteiger partial charge in [0.25, 0.3) is 0 Å². The first-order chi connectivity index (χ1) is 8.52. The maximum Gasteiger partial charge on any atom is 0.205 e. The number of halogens is 2. The van der Waals surface area contributed by atoms with Crippen molar-refractivity contribution in [2.24, 2.45) is 0 Å². The molecule has 94 valence electrons. The number of carbonyl (C=O) groups excluding carboxylic acids is 1. The molecule has 0 atom stereocenters. The number of thiophene rings is 1. The van der Waals surface area contributed by atoms with E-state index in [0.717, 1.165) is 17.4 Å². The van der Waals surface area contributed by atoms with Crippen LogP contribution in [0.1, 0.15) is 27.0 Å². The van der Waals surface area contributed by atoms with Crippen molar-refractivity contribution in [1.82, 2.24) is 0 Å². The van der Waals surface area contributed by atoms with E-state index in [-0.39, 0.29) is 11.3 Å². The summed E-state index contributed by atoms with van der Waals surface area (Å²) >= 11 is 1.30. The predicted molar refractivity (Wildman–Crippen MR) is 67.9 cm³/mol. The normalized spacial score (nSPS) is 10.6. The molecule has 18 heavy (non-hydrogen) atoms. The summed E-state index contributed by atoms with van der Waals surface area (Å²) in [6.07, 6.45) is 0.811. The summed E-state index contributed by atoms with van der Waals surface area (Å²) < 4.78 is 26.6. The van der Waals surface area contributed by atoms with Gasteiger partial charge in [0.2, 0.25) is 5.78 Å². The zero-order valence-electron chi connectivity index (χ0n) is 9.67. The minimum absolute atomic E-state index is 0.196. The second-order valence-electron chi connectivity index (χ2n) is 3.80. The van der Waals surface area contributed by atoms with Gasteiger partial charge in [0, 0.05) is 10.9 Å². The highest BCUT2D eigenvalue weighted by Crippen LogP contribution is 2.24. The molecule has 2 rings (SSSR count). The third kappa shape index (κ3) is 2.26. The molecular formula is C13H11F2NOS. The number of nitrogens with two attached hydrogens (primary N) is 1. The van der Waals surface area contributed by atoms with Crippen molar-refractivity contribution in [2.75, 3.05) is 5.73 Å². The summed E-state index contributed by atoms with van der Waals surface area (Å²) in [5, 5.41) is 0. The highest BCUT2D eigenvalue weighted by molar-refractivity contribution is 7.14. The van der Waals surface area contributed by atoms with E-state index in [1.807, 2.05) is 13.0 Å². The average Bonchev–Trinajstić information content (AvgIpc) is 2.81. The number of nitrogen functional groups attached to an aromatic ring is 1. The SMILES string of the molecule is CCc1ccc(C(=O)c2cc(N)c(F)cc2F)s1. The van der Waals surface area contributed by atoms with Gasteiger partial charge in [0.05, 0.1) is 16.1 Å². The molecule has 5 heteroatoms. The Bertz CT molecular complexity index is 607. The molecule has 1 aromatic heterocycles. The Morgan fingerprint density at radius 1 is 1.28 bits per heavy atom. The van der Waals surface area contributed by atoms with Gasteiger partial charge >= 0.3 is 0 Å². The number of anilines is 1. The molecule has 1 heterocycles. The Morgan fingerprint density at radius 3 is 2.61 bits per heavy atom. The first-order valence-electron chi connectivity index (χ1n) is 5.41. The van der Waals surface area contributed by atoms with Crippen LogP contribution in [0.15, 0.2) is 24.3 Å². The number of carbonyl (C=O) groups is 1. The van der Waals surface area contributed by atoms with Crippen molar-refractivity contribution in [1.29, 1.82) is 0 Å². The molecule has 0 saturated heterocycles. The number of benzene rings is 1. The molecule has 0 aliphatic rings. The molecule has 2 aromatic rings. The summed E-state index contributed by atoms with van der Waals surface area (Å²) in [6, 6.07) is 5.14. The third-order valence-electron chi connectivity index (χ3n) is 2.56. The second kappa shape index (κ2) is 4.86. The van der Waals surface area contributed by atoms with E-state index in [0.29, 0.717) is 10.9 Å². The number of ketones is 1. The van der Waals surface area contributed by atoms with Crippen LogP contribution in [-0.4, -0.2) is 5.78 Å². The quantitative estimate of drug-likeness (QED) is 0.684. The average molecular weight is 267 g/mol. The number of hydrogen-bond donors (Lipinski definition) is 1. The molecule has 0 fully saturated rings. The topological polar surface area (TPSA) is 43.1 Å². The van der Waals surface area contributed by atoms with Crippen molar-refractivity contribution in [3.05, 3.63) is 51.2 Å². The van der Waals surface area contributed by atoms with Crippen LogP contribution >= 0.6 is 11.3 Å². The highest BCUT2D eigenvalue weighted by atomic mass is 32.1. The predicted octanol–water partition coefficient (Wildman–Crippen LogP) is 3.40. The third-order valence-corrected chi connectivity index (χ3v) is 3.79. The van der Waals surface area contributed by atoms with Crippen LogP contribution in [0.2, 0.25) is 0 Å². The van der Waals surface area contributed by atoms with E-state index in [1.54, 1.807) is 6.07 Å². The van der Waals surface area contributed by atoms with Gasteiger partial charge in [-0.2, -0.15) is 0 Å². The lowest BCUT2D eigenvalue weighted by atomic mass is 10.1. The van der Waals surface area contributed by atoms with Crippen molar-refractivity contribution in [3.63, 3.8) is 0 Å². The Morgan fingerprint density at radius 2 is 2.00 bits per heavy atom. The maximum absolute atomic E-state index is 13.5. The summed E-state index contributed by atoms with van der Waals surface area (Å²) in [6.45, 7) is 1.97. The molecule has 0 saturated carbocycles. The lowest BCUT2D eigenvalue weighted by Gasteiger charge is -2.03. The molecule has 0 radical (unpaired) electrons. The molecule has 2 nitrogen and oxygen atoms in total. The van der Waals surface area contributed by atoms with E-state index >= 15 is 0 Å². The summed E-state index contributed by atoms with van der Waals surface area (Å²) in [5.41, 5.74) is 4.92. The first kappa shape index (κ1) is 12.7. The molecule has 0 bridgehead atoms. The minimum atomic E-state index is -0.891. The number of rotatable bonds is 3. The van der Waals surface area contributed by atoms with Gasteiger partial charge in [-0.15, -0.1) is 11.3 Å². The molecule has 0 amide bonds. The van der Waals surface area contributed by atoms with Gasteiger partial charge in [-0.1, -0.05) is 6.92 Å². The molecule has 0 aliphatic carbocycles. The summed E-state index contributed by atoms with van der Waals surface area (Å²) in [4.78, 5) is 13.5. The second-order valence-corrected chi connectivity index (χ2v) is 4.97. The van der Waals surface area contributed by atoms with Gasteiger partial charge in [0.1, 0.15) is 11.6 Å². The minimum Gasteiger partial charge on any atom is -0.396 e. The molecule has 0 spiro atoms. The van der Waals surface area contributed by atoms with Crippen molar-refractivity contribution in [2.45, 2.75) is 13.3 Å². The van der Waals surface area contributed by atoms with E-state index in [4.69, 9.17) is 5.73 Å². The molecule has 0 unspecified atom stereocenters. The highest BCUT2D eigenvalue weighted by Gasteiger charge is 2.18. The lowest BCUT2D eigenvalue weighted by molar-refractivity contribution is 0.103. The van der Waals surface area contributed by atoms with Gasteiger partial charge in [-0.05, 0) is 24.6 Å². The van der Waals surface area contributed by atoms with E-state index < -0.39 is 17.4 Å². The van der Waals surface area contributed by atoms with Crippen LogP contribution in [0, 0.1) is 11.6 Å². The monoisotopic (exact) mass is 267 g/mol. The van der Waals surface area contributed by atoms with Crippen LogP contribution in [0.3, 0.4) is 0 Å². The Kier molecular flexibility index (Phi) is 3.43. The molecule has 1 aromatic carbocycles. The van der Waals surface area contributed by atoms with Crippen LogP contribution in [0.4, 0.5) is 14.5 Å². The zero-order chi connectivity index (χ0) is 13.3. The smallest absolute Gasteiger partial charge is 0.205 e. The summed E-state index contributed by atoms with van der Waals surface area (Å²) in [5.74, 6) is -2.22. The largest absolute Gasteiger partial charge is 0.396 e. The van der Waals surface area contributed by atoms with Gasteiger partial charge in [-0.3, -0.25) is 4.79 Å². The Balaban J connectivity index is 2.42. The summed E-state index contributed by atoms with van der Waals surface area (Å²) in [7, 11) is 0. The standard InChI is InChI=1S/C13H11F2NOS/c1-2-7-3-4-12(18-7)13(17)8-5-11(16)10(15)6-9(8)14/h3-6H,2,16H2,1H3. The van der Waals surface area contributed by atoms with Crippen LogP contribution in [0.25, 0.3) is 0 Å². The van der Waals surface area contributed by atoms with Crippen molar-refractivity contribution < 1.29 is 13.6 Å². The van der Waals surface area contributed by atoms with Gasteiger partial charge in [0.15, 0.2) is 0 Å². The maximum atomic E-state index is 13.5. The molecule has 0 aliphatic heterocycles.